The zero-order valence-electron chi connectivity index (χ0n) is 9.95. The Morgan fingerprint density at radius 2 is 2.10 bits per heavy atom. The molecule has 0 aliphatic carbocycles. The smallest absolute Gasteiger partial charge is 0.328 e. The van der Waals surface area contributed by atoms with Crippen LogP contribution in [0.2, 0.25) is 5.02 Å². The van der Waals surface area contributed by atoms with Crippen molar-refractivity contribution in [3.63, 3.8) is 0 Å². The monoisotopic (exact) mass is 293 g/mol. The maximum absolute atomic E-state index is 10.7. The largest absolute Gasteiger partial charge is 0.478 e. The Morgan fingerprint density at radius 1 is 1.35 bits per heavy atom. The molecule has 20 heavy (non-hydrogen) atoms. The van der Waals surface area contributed by atoms with Crippen LogP contribution >= 0.6 is 11.6 Å². The Labute approximate surface area is 118 Å². The lowest BCUT2D eigenvalue weighted by atomic mass is 10.1. The van der Waals surface area contributed by atoms with Crippen LogP contribution in [0.1, 0.15) is 5.76 Å². The molecule has 2 rings (SSSR count). The van der Waals surface area contributed by atoms with E-state index in [1.54, 1.807) is 12.1 Å². The fraction of sp³-hybridized carbons (Fsp3) is 0. The van der Waals surface area contributed by atoms with Crippen molar-refractivity contribution in [2.45, 2.75) is 0 Å². The molecule has 0 spiro atoms. The van der Waals surface area contributed by atoms with Crippen LogP contribution in [0.15, 0.2) is 40.8 Å². The summed E-state index contributed by atoms with van der Waals surface area (Å²) in [6.45, 7) is 0. The lowest BCUT2D eigenvalue weighted by molar-refractivity contribution is -0.384. The molecule has 0 aliphatic heterocycles. The van der Waals surface area contributed by atoms with Gasteiger partial charge in [0.1, 0.15) is 11.5 Å². The summed E-state index contributed by atoms with van der Waals surface area (Å²) in [5, 5.41) is 19.6. The molecule has 0 unspecified atom stereocenters. The molecule has 1 N–H and O–H groups in total. The summed E-state index contributed by atoms with van der Waals surface area (Å²) < 4.78 is 5.38. The first-order chi connectivity index (χ1) is 9.47. The van der Waals surface area contributed by atoms with Gasteiger partial charge in [-0.3, -0.25) is 10.1 Å². The Balaban J connectivity index is 2.39. The van der Waals surface area contributed by atoms with Crippen LogP contribution < -0.4 is 0 Å². The van der Waals surface area contributed by atoms with Gasteiger partial charge in [0.15, 0.2) is 0 Å². The number of furan rings is 1. The molecular formula is C13H8ClNO5. The van der Waals surface area contributed by atoms with Crippen molar-refractivity contribution in [3.8, 4) is 11.3 Å². The number of nitro groups is 1. The molecule has 7 heteroatoms. The third-order valence-corrected chi connectivity index (χ3v) is 2.77. The highest BCUT2D eigenvalue weighted by Crippen LogP contribution is 2.32. The lowest BCUT2D eigenvalue weighted by Gasteiger charge is -2.00. The number of carboxylic acids is 1. The van der Waals surface area contributed by atoms with Crippen molar-refractivity contribution in [3.05, 3.63) is 57.3 Å². The molecule has 2 aromatic rings. The molecule has 1 aromatic carbocycles. The summed E-state index contributed by atoms with van der Waals surface area (Å²) in [7, 11) is 0. The van der Waals surface area contributed by atoms with Gasteiger partial charge in [0.25, 0.3) is 5.69 Å². The van der Waals surface area contributed by atoms with E-state index in [2.05, 4.69) is 0 Å². The first kappa shape index (κ1) is 13.8. The van der Waals surface area contributed by atoms with E-state index in [0.717, 1.165) is 6.08 Å². The highest BCUT2D eigenvalue weighted by atomic mass is 35.5. The Kier molecular flexibility index (Phi) is 3.86. The molecule has 1 heterocycles. The summed E-state index contributed by atoms with van der Waals surface area (Å²) >= 11 is 5.98. The van der Waals surface area contributed by atoms with Crippen LogP contribution in [0.25, 0.3) is 17.4 Å². The van der Waals surface area contributed by atoms with E-state index < -0.39 is 10.9 Å². The summed E-state index contributed by atoms with van der Waals surface area (Å²) in [5.74, 6) is -0.468. The zero-order valence-corrected chi connectivity index (χ0v) is 10.7. The number of nitrogens with zero attached hydrogens (tertiary/aromatic N) is 1. The lowest BCUT2D eigenvalue weighted by Crippen LogP contribution is -1.88. The Morgan fingerprint density at radius 3 is 2.75 bits per heavy atom. The average molecular weight is 294 g/mol. The molecule has 0 atom stereocenters. The summed E-state index contributed by atoms with van der Waals surface area (Å²) in [6.07, 6.45) is 2.20. The van der Waals surface area contributed by atoms with Gasteiger partial charge in [-0.15, -0.1) is 0 Å². The van der Waals surface area contributed by atoms with Crippen LogP contribution in [-0.2, 0) is 4.79 Å². The minimum Gasteiger partial charge on any atom is -0.478 e. The van der Waals surface area contributed by atoms with Crippen LogP contribution in [0, 0.1) is 10.1 Å². The molecule has 0 saturated heterocycles. The number of non-ortho nitro benzene ring substituents is 1. The number of rotatable bonds is 4. The standard InChI is InChI=1S/C13H8ClNO5/c14-11-4-1-8(15(18)19)7-10(11)12-5-2-9(20-12)3-6-13(16)17/h1-7H,(H,16,17)/b6-3+. The maximum atomic E-state index is 10.7. The van der Waals surface area contributed by atoms with Crippen molar-refractivity contribution >= 4 is 29.3 Å². The number of carbonyl (C=O) groups is 1. The summed E-state index contributed by atoms with van der Waals surface area (Å²) in [6, 6.07) is 7.10. The van der Waals surface area contributed by atoms with E-state index in [4.69, 9.17) is 21.1 Å². The van der Waals surface area contributed by atoms with Crippen LogP contribution in [0.5, 0.6) is 0 Å². The second-order valence-electron chi connectivity index (χ2n) is 3.79. The van der Waals surface area contributed by atoms with E-state index in [1.807, 2.05) is 0 Å². The topological polar surface area (TPSA) is 93.6 Å². The number of halogens is 1. The third-order valence-electron chi connectivity index (χ3n) is 2.44. The first-order valence-electron chi connectivity index (χ1n) is 5.42. The molecule has 0 saturated carbocycles. The minimum absolute atomic E-state index is 0.108. The predicted octanol–water partition coefficient (Wildman–Crippen LogP) is 3.61. The first-order valence-corrected chi connectivity index (χ1v) is 5.80. The second-order valence-corrected chi connectivity index (χ2v) is 4.20. The van der Waals surface area contributed by atoms with Crippen LogP contribution in [0.4, 0.5) is 5.69 Å². The number of hydrogen-bond donors (Lipinski definition) is 1. The van der Waals surface area contributed by atoms with Crippen LogP contribution in [0.3, 0.4) is 0 Å². The van der Waals surface area contributed by atoms with Gasteiger partial charge < -0.3 is 9.52 Å². The maximum Gasteiger partial charge on any atom is 0.328 e. The molecular weight excluding hydrogens is 286 g/mol. The van der Waals surface area contributed by atoms with Gasteiger partial charge in [-0.25, -0.2) is 4.79 Å². The fourth-order valence-corrected chi connectivity index (χ4v) is 1.77. The highest BCUT2D eigenvalue weighted by Gasteiger charge is 2.13. The van der Waals surface area contributed by atoms with Gasteiger partial charge in [-0.05, 0) is 24.3 Å². The van der Waals surface area contributed by atoms with Crippen LogP contribution in [-0.4, -0.2) is 16.0 Å². The van der Waals surface area contributed by atoms with E-state index in [9.17, 15) is 14.9 Å². The van der Waals surface area contributed by atoms with Crippen molar-refractivity contribution in [2.75, 3.05) is 0 Å². The van der Waals surface area contributed by atoms with Crippen molar-refractivity contribution in [1.29, 1.82) is 0 Å². The normalized spacial score (nSPS) is 10.8. The quantitative estimate of drug-likeness (QED) is 0.528. The van der Waals surface area contributed by atoms with Gasteiger partial charge in [-0.1, -0.05) is 11.6 Å². The number of hydrogen-bond acceptors (Lipinski definition) is 4. The molecule has 0 aliphatic rings. The number of benzene rings is 1. The second kappa shape index (κ2) is 5.58. The third kappa shape index (κ3) is 3.04. The van der Waals surface area contributed by atoms with Gasteiger partial charge in [-0.2, -0.15) is 0 Å². The molecule has 102 valence electrons. The van der Waals surface area contributed by atoms with E-state index >= 15 is 0 Å². The summed E-state index contributed by atoms with van der Waals surface area (Å²) in [4.78, 5) is 20.6. The molecule has 1 aromatic heterocycles. The average Bonchev–Trinajstić information content (AvgIpc) is 2.85. The number of aliphatic carboxylic acids is 1. The van der Waals surface area contributed by atoms with Crippen molar-refractivity contribution < 1.29 is 19.2 Å². The van der Waals surface area contributed by atoms with E-state index in [0.29, 0.717) is 22.1 Å². The molecule has 0 bridgehead atoms. The molecule has 0 radical (unpaired) electrons. The Hall–Kier alpha value is -2.60. The van der Waals surface area contributed by atoms with Gasteiger partial charge in [0.2, 0.25) is 0 Å². The van der Waals surface area contributed by atoms with E-state index in [1.165, 1.54) is 24.3 Å². The number of carboxylic acid groups (broad SMARTS) is 1. The Bertz CT molecular complexity index is 705. The SMILES string of the molecule is O=C(O)/C=C/c1ccc(-c2cc([N+](=O)[O-])ccc2Cl)o1. The fourth-order valence-electron chi connectivity index (χ4n) is 1.56. The van der Waals surface area contributed by atoms with Gasteiger partial charge >= 0.3 is 5.97 Å². The highest BCUT2D eigenvalue weighted by molar-refractivity contribution is 6.33. The number of nitro benzene ring substituents is 1. The van der Waals surface area contributed by atoms with Gasteiger partial charge in [0.05, 0.1) is 9.95 Å². The zero-order chi connectivity index (χ0) is 14.7. The van der Waals surface area contributed by atoms with Gasteiger partial charge in [0, 0.05) is 23.8 Å². The molecule has 0 amide bonds. The van der Waals surface area contributed by atoms with Crippen molar-refractivity contribution in [1.82, 2.24) is 0 Å². The molecule has 0 fully saturated rings. The predicted molar refractivity (Wildman–Crippen MR) is 72.5 cm³/mol. The molecule has 6 nitrogen and oxygen atoms in total. The minimum atomic E-state index is -1.10. The van der Waals surface area contributed by atoms with Crippen molar-refractivity contribution in [2.24, 2.45) is 0 Å². The van der Waals surface area contributed by atoms with E-state index in [-0.39, 0.29) is 5.69 Å². The summed E-state index contributed by atoms with van der Waals surface area (Å²) in [5.41, 5.74) is 0.263.